The highest BCUT2D eigenvalue weighted by molar-refractivity contribution is 5.83. The zero-order valence-corrected chi connectivity index (χ0v) is 14.7. The smallest absolute Gasteiger partial charge is 0.139 e. The van der Waals surface area contributed by atoms with Crippen molar-refractivity contribution in [1.29, 1.82) is 0 Å². The van der Waals surface area contributed by atoms with E-state index in [-0.39, 0.29) is 23.5 Å². The van der Waals surface area contributed by atoms with Gasteiger partial charge in [0.1, 0.15) is 17.4 Å². The van der Waals surface area contributed by atoms with E-state index >= 15 is 0 Å². The minimum Gasteiger partial charge on any atom is -0.357 e. The van der Waals surface area contributed by atoms with Gasteiger partial charge in [-0.2, -0.15) is 0 Å². The van der Waals surface area contributed by atoms with Crippen LogP contribution < -0.4 is 4.90 Å². The molecule has 0 amide bonds. The molecule has 1 aliphatic rings. The average molecular weight is 316 g/mol. The lowest BCUT2D eigenvalue weighted by Gasteiger charge is -2.32. The fraction of sp³-hybridized carbons (Fsp3) is 0.632. The molecule has 1 aliphatic heterocycles. The van der Waals surface area contributed by atoms with Crippen LogP contribution in [0.25, 0.3) is 0 Å². The number of carbonyl (C=O) groups excluding carboxylic acids is 2. The fourth-order valence-electron chi connectivity index (χ4n) is 2.98. The van der Waals surface area contributed by atoms with E-state index in [1.165, 1.54) is 0 Å². The monoisotopic (exact) mass is 316 g/mol. The van der Waals surface area contributed by atoms with Crippen molar-refractivity contribution in [2.24, 2.45) is 17.8 Å². The predicted octanol–water partition coefficient (Wildman–Crippen LogP) is 3.29. The number of ketones is 2. The summed E-state index contributed by atoms with van der Waals surface area (Å²) in [6, 6.07) is 3.99. The van der Waals surface area contributed by atoms with E-state index in [0.717, 1.165) is 37.3 Å². The van der Waals surface area contributed by atoms with E-state index < -0.39 is 0 Å². The molecule has 0 saturated carbocycles. The highest BCUT2D eigenvalue weighted by Gasteiger charge is 2.26. The number of aromatic nitrogens is 1. The number of pyridine rings is 1. The molecule has 0 unspecified atom stereocenters. The van der Waals surface area contributed by atoms with Crippen LogP contribution in [0.5, 0.6) is 0 Å². The first-order valence-corrected chi connectivity index (χ1v) is 8.64. The first kappa shape index (κ1) is 17.6. The van der Waals surface area contributed by atoms with Gasteiger partial charge in [-0.1, -0.05) is 33.8 Å². The highest BCUT2D eigenvalue weighted by atomic mass is 16.1. The van der Waals surface area contributed by atoms with Crippen LogP contribution in [0.4, 0.5) is 5.82 Å². The maximum absolute atomic E-state index is 12.1. The summed E-state index contributed by atoms with van der Waals surface area (Å²) >= 11 is 0. The van der Waals surface area contributed by atoms with Crippen LogP contribution in [0, 0.1) is 17.8 Å². The van der Waals surface area contributed by atoms with E-state index in [1.807, 2.05) is 39.8 Å². The van der Waals surface area contributed by atoms with Crippen molar-refractivity contribution >= 4 is 17.4 Å². The van der Waals surface area contributed by atoms with Crippen LogP contribution in [0.2, 0.25) is 0 Å². The Hall–Kier alpha value is -1.71. The summed E-state index contributed by atoms with van der Waals surface area (Å²) in [5.74, 6) is 1.97. The Morgan fingerprint density at radius 1 is 1.13 bits per heavy atom. The van der Waals surface area contributed by atoms with Gasteiger partial charge in [-0.15, -0.1) is 0 Å². The van der Waals surface area contributed by atoms with Gasteiger partial charge < -0.3 is 4.90 Å². The molecule has 0 atom stereocenters. The number of nitrogens with zero attached hydrogens (tertiary/aromatic N) is 2. The zero-order chi connectivity index (χ0) is 17.0. The van der Waals surface area contributed by atoms with Crippen molar-refractivity contribution in [2.45, 2.75) is 47.0 Å². The molecule has 1 aromatic heterocycles. The molecule has 0 aliphatic carbocycles. The molecule has 126 valence electrons. The Morgan fingerprint density at radius 3 is 2.26 bits per heavy atom. The van der Waals surface area contributed by atoms with Crippen molar-refractivity contribution in [3.05, 3.63) is 23.9 Å². The Bertz CT molecular complexity index is 541. The van der Waals surface area contributed by atoms with Gasteiger partial charge in [0.2, 0.25) is 0 Å². The molecule has 0 spiro atoms. The van der Waals surface area contributed by atoms with E-state index in [0.29, 0.717) is 12.2 Å². The third kappa shape index (κ3) is 4.63. The van der Waals surface area contributed by atoms with Crippen LogP contribution in [0.3, 0.4) is 0 Å². The van der Waals surface area contributed by atoms with E-state index in [9.17, 15) is 9.59 Å². The molecule has 0 N–H and O–H groups in total. The normalized spacial score (nSPS) is 16.2. The van der Waals surface area contributed by atoms with Gasteiger partial charge in [-0.3, -0.25) is 9.59 Å². The van der Waals surface area contributed by atoms with Gasteiger partial charge in [0.25, 0.3) is 0 Å². The quantitative estimate of drug-likeness (QED) is 0.808. The number of rotatable bonds is 6. The summed E-state index contributed by atoms with van der Waals surface area (Å²) in [7, 11) is 0. The molecule has 0 radical (unpaired) electrons. The third-order valence-electron chi connectivity index (χ3n) is 4.62. The topological polar surface area (TPSA) is 50.3 Å². The summed E-state index contributed by atoms with van der Waals surface area (Å²) in [6.07, 6.45) is 4.08. The maximum atomic E-state index is 12.1. The Morgan fingerprint density at radius 2 is 1.78 bits per heavy atom. The summed E-state index contributed by atoms with van der Waals surface area (Å²) in [6.45, 7) is 9.56. The number of hydrogen-bond acceptors (Lipinski definition) is 4. The van der Waals surface area contributed by atoms with Crippen LogP contribution in [-0.2, 0) is 16.0 Å². The molecule has 1 aromatic rings. The molecule has 0 aromatic carbocycles. The van der Waals surface area contributed by atoms with Gasteiger partial charge in [0.05, 0.1) is 0 Å². The second-order valence-corrected chi connectivity index (χ2v) is 7.14. The minimum absolute atomic E-state index is 0.0622. The number of carbonyl (C=O) groups is 2. The first-order valence-electron chi connectivity index (χ1n) is 8.64. The van der Waals surface area contributed by atoms with E-state index in [2.05, 4.69) is 9.88 Å². The second-order valence-electron chi connectivity index (χ2n) is 7.14. The predicted molar refractivity (Wildman–Crippen MR) is 92.6 cm³/mol. The largest absolute Gasteiger partial charge is 0.357 e. The number of piperidine rings is 1. The van der Waals surface area contributed by atoms with E-state index in [1.54, 1.807) is 6.20 Å². The minimum atomic E-state index is 0.0622. The van der Waals surface area contributed by atoms with Crippen LogP contribution >= 0.6 is 0 Å². The summed E-state index contributed by atoms with van der Waals surface area (Å²) in [4.78, 5) is 30.6. The molecule has 4 nitrogen and oxygen atoms in total. The van der Waals surface area contributed by atoms with Gasteiger partial charge >= 0.3 is 0 Å². The molecular formula is C19H28N2O2. The fourth-order valence-corrected chi connectivity index (χ4v) is 2.98. The lowest BCUT2D eigenvalue weighted by Crippen LogP contribution is -2.37. The molecule has 2 rings (SSSR count). The zero-order valence-electron chi connectivity index (χ0n) is 14.7. The van der Waals surface area contributed by atoms with Crippen LogP contribution in [0.15, 0.2) is 18.3 Å². The molecule has 1 fully saturated rings. The standard InChI is InChI=1S/C19H28N2O2/c1-13(2)17(22)11-15-5-6-18(20-12-15)21-9-7-16(8-10-21)19(23)14(3)4/h5-6,12-14,16H,7-11H2,1-4H3. The third-order valence-corrected chi connectivity index (χ3v) is 4.62. The maximum Gasteiger partial charge on any atom is 0.139 e. The highest BCUT2D eigenvalue weighted by Crippen LogP contribution is 2.24. The Labute approximate surface area is 139 Å². The number of anilines is 1. The number of Topliss-reactive ketones (excluding diaryl/α,β-unsaturated/α-hetero) is 2. The lowest BCUT2D eigenvalue weighted by atomic mass is 9.87. The Kier molecular flexibility index (Phi) is 5.91. The molecule has 4 heteroatoms. The van der Waals surface area contributed by atoms with Crippen LogP contribution in [0.1, 0.15) is 46.1 Å². The van der Waals surface area contributed by atoms with Crippen molar-refractivity contribution in [3.63, 3.8) is 0 Å². The summed E-state index contributed by atoms with van der Waals surface area (Å²) in [5, 5.41) is 0. The first-order chi connectivity index (χ1) is 10.9. The van der Waals surface area contributed by atoms with Crippen molar-refractivity contribution in [3.8, 4) is 0 Å². The van der Waals surface area contributed by atoms with Gasteiger partial charge in [0, 0.05) is 43.5 Å². The average Bonchev–Trinajstić information content (AvgIpc) is 2.55. The Balaban J connectivity index is 1.91. The summed E-state index contributed by atoms with van der Waals surface area (Å²) in [5.41, 5.74) is 0.970. The molecule has 23 heavy (non-hydrogen) atoms. The van der Waals surface area contributed by atoms with Crippen molar-refractivity contribution in [2.75, 3.05) is 18.0 Å². The van der Waals surface area contributed by atoms with Crippen molar-refractivity contribution in [1.82, 2.24) is 4.98 Å². The van der Waals surface area contributed by atoms with E-state index in [4.69, 9.17) is 0 Å². The van der Waals surface area contributed by atoms with Crippen LogP contribution in [-0.4, -0.2) is 29.6 Å². The molecule has 1 saturated heterocycles. The molecular weight excluding hydrogens is 288 g/mol. The van der Waals surface area contributed by atoms with Crippen molar-refractivity contribution < 1.29 is 9.59 Å². The second kappa shape index (κ2) is 7.71. The number of hydrogen-bond donors (Lipinski definition) is 0. The van der Waals surface area contributed by atoms with Gasteiger partial charge in [-0.25, -0.2) is 4.98 Å². The molecule has 0 bridgehead atoms. The van der Waals surface area contributed by atoms with Gasteiger partial charge in [0.15, 0.2) is 0 Å². The molecule has 2 heterocycles. The summed E-state index contributed by atoms with van der Waals surface area (Å²) < 4.78 is 0. The SMILES string of the molecule is CC(C)C(=O)Cc1ccc(N2CCC(C(=O)C(C)C)CC2)nc1. The lowest BCUT2D eigenvalue weighted by molar-refractivity contribution is -0.126. The van der Waals surface area contributed by atoms with Gasteiger partial charge in [-0.05, 0) is 24.5 Å².